The molecular weight excluding hydrogens is 224 g/mol. The summed E-state index contributed by atoms with van der Waals surface area (Å²) in [5.41, 5.74) is 7.40. The van der Waals surface area contributed by atoms with Crippen molar-refractivity contribution in [3.63, 3.8) is 0 Å². The lowest BCUT2D eigenvalue weighted by atomic mass is 10.2. The highest BCUT2D eigenvalue weighted by Crippen LogP contribution is 2.24. The van der Waals surface area contributed by atoms with Crippen LogP contribution >= 0.6 is 0 Å². The van der Waals surface area contributed by atoms with E-state index in [1.165, 1.54) is 0 Å². The van der Waals surface area contributed by atoms with Crippen molar-refractivity contribution in [3.8, 4) is 11.6 Å². The third kappa shape index (κ3) is 2.96. The lowest BCUT2D eigenvalue weighted by molar-refractivity contribution is 0.460. The van der Waals surface area contributed by atoms with Crippen molar-refractivity contribution < 1.29 is 4.74 Å². The number of nitrogens with zero attached hydrogens (tertiary/aromatic N) is 1. The predicted molar refractivity (Wildman–Crippen MR) is 73.4 cm³/mol. The molecule has 0 fully saturated rings. The molecule has 92 valence electrons. The SMILES string of the molecule is CC=Cc1ccccc1Oc1cccc(CN)n1. The molecule has 0 saturated heterocycles. The first-order valence-electron chi connectivity index (χ1n) is 5.89. The van der Waals surface area contributed by atoms with Gasteiger partial charge in [0.25, 0.3) is 0 Å². The fourth-order valence-corrected chi connectivity index (χ4v) is 1.63. The minimum Gasteiger partial charge on any atom is -0.438 e. The number of benzene rings is 1. The fourth-order valence-electron chi connectivity index (χ4n) is 1.63. The quantitative estimate of drug-likeness (QED) is 0.891. The monoisotopic (exact) mass is 240 g/mol. The third-order valence-corrected chi connectivity index (χ3v) is 2.47. The first kappa shape index (κ1) is 12.3. The summed E-state index contributed by atoms with van der Waals surface area (Å²) in [6, 6.07) is 13.4. The Morgan fingerprint density at radius 3 is 2.78 bits per heavy atom. The van der Waals surface area contributed by atoms with Crippen LogP contribution in [0.4, 0.5) is 0 Å². The zero-order valence-corrected chi connectivity index (χ0v) is 10.3. The second kappa shape index (κ2) is 5.98. The minimum absolute atomic E-state index is 0.410. The molecule has 3 heteroatoms. The maximum atomic E-state index is 5.79. The molecule has 0 amide bonds. The first-order chi connectivity index (χ1) is 8.83. The summed E-state index contributed by atoms with van der Waals surface area (Å²) in [7, 11) is 0. The van der Waals surface area contributed by atoms with Crippen LogP contribution < -0.4 is 10.5 Å². The Kier molecular flexibility index (Phi) is 4.10. The van der Waals surface area contributed by atoms with Gasteiger partial charge in [-0.05, 0) is 19.1 Å². The van der Waals surface area contributed by atoms with E-state index in [2.05, 4.69) is 4.98 Å². The summed E-state index contributed by atoms with van der Waals surface area (Å²) in [5, 5.41) is 0. The Labute approximate surface area is 107 Å². The summed E-state index contributed by atoms with van der Waals surface area (Å²) in [6.07, 6.45) is 3.98. The molecule has 0 radical (unpaired) electrons. The number of nitrogens with two attached hydrogens (primary N) is 1. The third-order valence-electron chi connectivity index (χ3n) is 2.47. The number of pyridine rings is 1. The van der Waals surface area contributed by atoms with Gasteiger partial charge in [0.1, 0.15) is 5.75 Å². The number of rotatable bonds is 4. The Bertz CT molecular complexity index is 550. The van der Waals surface area contributed by atoms with E-state index < -0.39 is 0 Å². The maximum Gasteiger partial charge on any atom is 0.219 e. The van der Waals surface area contributed by atoms with Gasteiger partial charge in [-0.3, -0.25) is 0 Å². The second-order valence-electron chi connectivity index (χ2n) is 3.81. The Morgan fingerprint density at radius 1 is 1.17 bits per heavy atom. The lowest BCUT2D eigenvalue weighted by Gasteiger charge is -2.08. The number of aromatic nitrogens is 1. The van der Waals surface area contributed by atoms with Crippen molar-refractivity contribution in [1.29, 1.82) is 0 Å². The van der Waals surface area contributed by atoms with Crippen molar-refractivity contribution in [3.05, 3.63) is 59.8 Å². The Balaban J connectivity index is 2.27. The average molecular weight is 240 g/mol. The molecule has 0 aliphatic carbocycles. The van der Waals surface area contributed by atoms with Crippen LogP contribution in [0.25, 0.3) is 6.08 Å². The largest absolute Gasteiger partial charge is 0.438 e. The second-order valence-corrected chi connectivity index (χ2v) is 3.81. The summed E-state index contributed by atoms with van der Waals surface area (Å²) >= 11 is 0. The van der Waals surface area contributed by atoms with Crippen LogP contribution in [0.2, 0.25) is 0 Å². The molecule has 2 aromatic rings. The number of para-hydroxylation sites is 1. The number of hydrogen-bond acceptors (Lipinski definition) is 3. The summed E-state index contributed by atoms with van der Waals surface area (Å²) in [6.45, 7) is 2.39. The molecular formula is C15H16N2O. The highest BCUT2D eigenvalue weighted by molar-refractivity contribution is 5.57. The average Bonchev–Trinajstić information content (AvgIpc) is 2.41. The predicted octanol–water partition coefficient (Wildman–Crippen LogP) is 3.37. The van der Waals surface area contributed by atoms with Crippen molar-refractivity contribution in [2.24, 2.45) is 5.73 Å². The van der Waals surface area contributed by atoms with Crippen LogP contribution in [0.15, 0.2) is 48.5 Å². The van der Waals surface area contributed by atoms with Gasteiger partial charge in [0.05, 0.1) is 5.69 Å². The Morgan fingerprint density at radius 2 is 2.00 bits per heavy atom. The molecule has 1 heterocycles. The molecule has 18 heavy (non-hydrogen) atoms. The molecule has 2 rings (SSSR count). The van der Waals surface area contributed by atoms with E-state index in [9.17, 15) is 0 Å². The topological polar surface area (TPSA) is 48.1 Å². The van der Waals surface area contributed by atoms with Gasteiger partial charge in [-0.15, -0.1) is 0 Å². The highest BCUT2D eigenvalue weighted by Gasteiger charge is 2.03. The van der Waals surface area contributed by atoms with Crippen LogP contribution in [0.1, 0.15) is 18.2 Å². The van der Waals surface area contributed by atoms with Crippen molar-refractivity contribution >= 4 is 6.08 Å². The van der Waals surface area contributed by atoms with Crippen molar-refractivity contribution in [2.75, 3.05) is 0 Å². The molecule has 3 nitrogen and oxygen atoms in total. The van der Waals surface area contributed by atoms with Gasteiger partial charge in [0.15, 0.2) is 0 Å². The van der Waals surface area contributed by atoms with Crippen molar-refractivity contribution in [2.45, 2.75) is 13.5 Å². The summed E-state index contributed by atoms with van der Waals surface area (Å²) in [5.74, 6) is 1.35. The number of ether oxygens (including phenoxy) is 1. The molecule has 0 atom stereocenters. The molecule has 0 spiro atoms. The molecule has 0 unspecified atom stereocenters. The van der Waals surface area contributed by atoms with Gasteiger partial charge in [0.2, 0.25) is 5.88 Å². The highest BCUT2D eigenvalue weighted by atomic mass is 16.5. The molecule has 0 saturated carbocycles. The zero-order chi connectivity index (χ0) is 12.8. The molecule has 0 bridgehead atoms. The van der Waals surface area contributed by atoms with E-state index in [0.717, 1.165) is 17.0 Å². The maximum absolute atomic E-state index is 5.79. The number of allylic oxidation sites excluding steroid dienone is 1. The molecule has 0 aliphatic rings. The van der Waals surface area contributed by atoms with Gasteiger partial charge >= 0.3 is 0 Å². The van der Waals surface area contributed by atoms with Crippen LogP contribution in [0.5, 0.6) is 11.6 Å². The van der Waals surface area contributed by atoms with E-state index >= 15 is 0 Å². The lowest BCUT2D eigenvalue weighted by Crippen LogP contribution is -2.00. The smallest absolute Gasteiger partial charge is 0.219 e. The van der Waals surface area contributed by atoms with E-state index in [4.69, 9.17) is 10.5 Å². The molecule has 2 N–H and O–H groups in total. The number of hydrogen-bond donors (Lipinski definition) is 1. The minimum atomic E-state index is 0.410. The van der Waals surface area contributed by atoms with Crippen molar-refractivity contribution in [1.82, 2.24) is 4.98 Å². The molecule has 1 aromatic heterocycles. The van der Waals surface area contributed by atoms with E-state index in [1.807, 2.05) is 61.5 Å². The van der Waals surface area contributed by atoms with Crippen LogP contribution in [0.3, 0.4) is 0 Å². The summed E-state index contributed by atoms with van der Waals surface area (Å²) in [4.78, 5) is 4.32. The molecule has 0 aliphatic heterocycles. The fraction of sp³-hybridized carbons (Fsp3) is 0.133. The first-order valence-corrected chi connectivity index (χ1v) is 5.89. The van der Waals surface area contributed by atoms with E-state index in [1.54, 1.807) is 0 Å². The van der Waals surface area contributed by atoms with E-state index in [-0.39, 0.29) is 0 Å². The molecule has 1 aromatic carbocycles. The van der Waals surface area contributed by atoms with E-state index in [0.29, 0.717) is 12.4 Å². The Hall–Kier alpha value is -2.13. The normalized spacial score (nSPS) is 10.8. The van der Waals surface area contributed by atoms with Gasteiger partial charge in [-0.2, -0.15) is 0 Å². The van der Waals surface area contributed by atoms with Gasteiger partial charge in [-0.25, -0.2) is 4.98 Å². The zero-order valence-electron chi connectivity index (χ0n) is 10.3. The van der Waals surface area contributed by atoms with Crippen LogP contribution in [-0.4, -0.2) is 4.98 Å². The van der Waals surface area contributed by atoms with Gasteiger partial charge < -0.3 is 10.5 Å². The van der Waals surface area contributed by atoms with Gasteiger partial charge in [0, 0.05) is 18.2 Å². The van der Waals surface area contributed by atoms with Crippen LogP contribution in [-0.2, 0) is 6.54 Å². The summed E-state index contributed by atoms with van der Waals surface area (Å²) < 4.78 is 5.79. The van der Waals surface area contributed by atoms with Crippen LogP contribution in [0, 0.1) is 0 Å². The standard InChI is InChI=1S/C15H16N2O/c1-2-6-12-7-3-4-9-14(12)18-15-10-5-8-13(11-16)17-15/h2-10H,11,16H2,1H3. The van der Waals surface area contributed by atoms with Gasteiger partial charge in [-0.1, -0.05) is 36.4 Å².